The van der Waals surface area contributed by atoms with E-state index >= 15 is 0 Å². The van der Waals surface area contributed by atoms with Gasteiger partial charge in [0, 0.05) is 29.3 Å². The van der Waals surface area contributed by atoms with Gasteiger partial charge < -0.3 is 4.90 Å². The van der Waals surface area contributed by atoms with Crippen molar-refractivity contribution in [3.63, 3.8) is 0 Å². The first-order valence-electron chi connectivity index (χ1n) is 9.49. The number of fused-ring (bicyclic) bond motifs is 1. The third kappa shape index (κ3) is 3.58. The number of halogens is 1. The summed E-state index contributed by atoms with van der Waals surface area (Å²) >= 11 is 3.55. The van der Waals surface area contributed by atoms with E-state index in [4.69, 9.17) is 0 Å². The Bertz CT molecular complexity index is 792. The Morgan fingerprint density at radius 1 is 1.19 bits per heavy atom. The van der Waals surface area contributed by atoms with Crippen molar-refractivity contribution in [3.8, 4) is 0 Å². The molecule has 1 amide bonds. The molecule has 0 aliphatic carbocycles. The Hall–Kier alpha value is -1.65. The van der Waals surface area contributed by atoms with E-state index in [0.29, 0.717) is 5.91 Å². The summed E-state index contributed by atoms with van der Waals surface area (Å²) in [5, 5.41) is 0. The van der Waals surface area contributed by atoms with Gasteiger partial charge in [0.2, 0.25) is 5.91 Å². The van der Waals surface area contributed by atoms with E-state index < -0.39 is 0 Å². The Morgan fingerprint density at radius 2 is 2.00 bits per heavy atom. The molecule has 2 aliphatic rings. The summed E-state index contributed by atoms with van der Waals surface area (Å²) in [4.78, 5) is 17.8. The molecule has 136 valence electrons. The number of amides is 1. The molecule has 4 rings (SSSR count). The minimum absolute atomic E-state index is 0.101. The van der Waals surface area contributed by atoms with Crippen LogP contribution in [-0.2, 0) is 17.8 Å². The zero-order valence-electron chi connectivity index (χ0n) is 15.2. The quantitative estimate of drug-likeness (QED) is 0.732. The minimum atomic E-state index is 0.101. The Kier molecular flexibility index (Phi) is 5.14. The number of hydrogen-bond donors (Lipinski definition) is 0. The fourth-order valence-corrected chi connectivity index (χ4v) is 4.78. The van der Waals surface area contributed by atoms with Crippen LogP contribution in [0.2, 0.25) is 0 Å². The van der Waals surface area contributed by atoms with Crippen molar-refractivity contribution < 1.29 is 4.79 Å². The fraction of sp³-hybridized carbons (Fsp3) is 0.409. The highest BCUT2D eigenvalue weighted by molar-refractivity contribution is 9.10. The zero-order chi connectivity index (χ0) is 18.1. The number of carbonyl (C=O) groups excluding carboxylic acids is 1. The predicted octanol–water partition coefficient (Wildman–Crippen LogP) is 4.64. The number of likely N-dealkylation sites (tertiary alicyclic amines) is 1. The Balaban J connectivity index is 1.48. The van der Waals surface area contributed by atoms with E-state index in [1.54, 1.807) is 0 Å². The number of anilines is 1. The van der Waals surface area contributed by atoms with Gasteiger partial charge in [-0.15, -0.1) is 0 Å². The minimum Gasteiger partial charge on any atom is -0.309 e. The molecule has 1 fully saturated rings. The first-order chi connectivity index (χ1) is 12.6. The number of piperidine rings is 1. The largest absolute Gasteiger partial charge is 0.309 e. The van der Waals surface area contributed by atoms with E-state index in [9.17, 15) is 4.79 Å². The summed E-state index contributed by atoms with van der Waals surface area (Å²) in [6.07, 6.45) is 3.04. The highest BCUT2D eigenvalue weighted by Crippen LogP contribution is 2.36. The molecule has 3 nitrogen and oxygen atoms in total. The number of hydrogen-bond acceptors (Lipinski definition) is 2. The number of nitrogens with zero attached hydrogens (tertiary/aromatic N) is 2. The van der Waals surface area contributed by atoms with Crippen molar-refractivity contribution in [3.05, 3.63) is 64.1 Å². The van der Waals surface area contributed by atoms with E-state index in [2.05, 4.69) is 75.1 Å². The molecule has 0 aromatic heterocycles. The highest BCUT2D eigenvalue weighted by atomic mass is 79.9. The molecule has 1 saturated heterocycles. The van der Waals surface area contributed by atoms with Crippen molar-refractivity contribution in [2.75, 3.05) is 18.0 Å². The van der Waals surface area contributed by atoms with Crippen molar-refractivity contribution in [1.82, 2.24) is 4.90 Å². The van der Waals surface area contributed by atoms with Crippen molar-refractivity contribution >= 4 is 27.5 Å². The number of carbonyl (C=O) groups is 1. The maximum atomic E-state index is 13.3. The van der Waals surface area contributed by atoms with Gasteiger partial charge in [-0.25, -0.2) is 0 Å². The molecule has 0 spiro atoms. The molecule has 2 aromatic rings. The molecule has 0 N–H and O–H groups in total. The second-order valence-electron chi connectivity index (χ2n) is 7.59. The molecule has 0 bridgehead atoms. The topological polar surface area (TPSA) is 23.6 Å². The van der Waals surface area contributed by atoms with Crippen LogP contribution in [0.15, 0.2) is 53.0 Å². The van der Waals surface area contributed by atoms with Crippen LogP contribution in [0.5, 0.6) is 0 Å². The summed E-state index contributed by atoms with van der Waals surface area (Å²) in [6.45, 7) is 5.04. The van der Waals surface area contributed by atoms with Crippen molar-refractivity contribution in [2.45, 2.75) is 38.8 Å². The SMILES string of the molecule is C[C@@H]1Cc2cc(Br)ccc2N1C(=O)[C@@H]1CCCN(Cc2ccccc2)C1. The summed E-state index contributed by atoms with van der Waals surface area (Å²) in [7, 11) is 0. The lowest BCUT2D eigenvalue weighted by molar-refractivity contribution is -0.124. The van der Waals surface area contributed by atoms with Gasteiger partial charge >= 0.3 is 0 Å². The van der Waals surface area contributed by atoms with Gasteiger partial charge in [0.05, 0.1) is 5.92 Å². The first-order valence-corrected chi connectivity index (χ1v) is 10.3. The maximum absolute atomic E-state index is 13.3. The molecule has 2 aromatic carbocycles. The van der Waals surface area contributed by atoms with Crippen LogP contribution < -0.4 is 4.90 Å². The standard InChI is InChI=1S/C22H25BrN2O/c1-16-12-19-13-20(23)9-10-21(19)25(16)22(26)18-8-5-11-24(15-18)14-17-6-3-2-4-7-17/h2-4,6-7,9-10,13,16,18H,5,8,11-12,14-15H2,1H3/t16-,18-/m1/s1. The van der Waals surface area contributed by atoms with Crippen LogP contribution in [0.25, 0.3) is 0 Å². The molecule has 0 unspecified atom stereocenters. The zero-order valence-corrected chi connectivity index (χ0v) is 16.8. The molecule has 2 atom stereocenters. The lowest BCUT2D eigenvalue weighted by Crippen LogP contribution is -2.46. The van der Waals surface area contributed by atoms with Crippen LogP contribution in [0.1, 0.15) is 30.9 Å². The first kappa shape index (κ1) is 17.7. The number of benzene rings is 2. The third-order valence-electron chi connectivity index (χ3n) is 5.60. The molecule has 0 saturated carbocycles. The van der Waals surface area contributed by atoms with Gasteiger partial charge in [-0.2, -0.15) is 0 Å². The average molecular weight is 413 g/mol. The van der Waals surface area contributed by atoms with E-state index in [1.165, 1.54) is 11.1 Å². The average Bonchev–Trinajstić information content (AvgIpc) is 2.97. The van der Waals surface area contributed by atoms with Gasteiger partial charge in [-0.1, -0.05) is 46.3 Å². The normalized spacial score (nSPS) is 23.1. The van der Waals surface area contributed by atoms with Crippen LogP contribution in [-0.4, -0.2) is 29.9 Å². The Labute approximate surface area is 164 Å². The smallest absolute Gasteiger partial charge is 0.231 e. The maximum Gasteiger partial charge on any atom is 0.231 e. The second kappa shape index (κ2) is 7.53. The molecule has 4 heteroatoms. The van der Waals surface area contributed by atoms with Gasteiger partial charge in [-0.3, -0.25) is 9.69 Å². The van der Waals surface area contributed by atoms with E-state index in [1.807, 2.05) is 6.07 Å². The lowest BCUT2D eigenvalue weighted by Gasteiger charge is -2.35. The summed E-state index contributed by atoms with van der Waals surface area (Å²) in [6, 6.07) is 17.1. The molecule has 26 heavy (non-hydrogen) atoms. The predicted molar refractivity (Wildman–Crippen MR) is 109 cm³/mol. The van der Waals surface area contributed by atoms with Crippen LogP contribution in [0.4, 0.5) is 5.69 Å². The van der Waals surface area contributed by atoms with Crippen molar-refractivity contribution in [1.29, 1.82) is 0 Å². The van der Waals surface area contributed by atoms with Crippen LogP contribution >= 0.6 is 15.9 Å². The summed E-state index contributed by atoms with van der Waals surface area (Å²) < 4.78 is 1.09. The highest BCUT2D eigenvalue weighted by Gasteiger charge is 2.36. The van der Waals surface area contributed by atoms with Gasteiger partial charge in [-0.05, 0) is 62.1 Å². The van der Waals surface area contributed by atoms with Gasteiger partial charge in [0.15, 0.2) is 0 Å². The summed E-state index contributed by atoms with van der Waals surface area (Å²) in [5.74, 6) is 0.404. The van der Waals surface area contributed by atoms with Gasteiger partial charge in [0.1, 0.15) is 0 Å². The molecular formula is C22H25BrN2O. The Morgan fingerprint density at radius 3 is 2.81 bits per heavy atom. The second-order valence-corrected chi connectivity index (χ2v) is 8.51. The molecule has 2 heterocycles. The van der Waals surface area contributed by atoms with Crippen LogP contribution in [0.3, 0.4) is 0 Å². The summed E-state index contributed by atoms with van der Waals surface area (Å²) in [5.41, 5.74) is 3.70. The monoisotopic (exact) mass is 412 g/mol. The van der Waals surface area contributed by atoms with Gasteiger partial charge in [0.25, 0.3) is 0 Å². The van der Waals surface area contributed by atoms with Crippen molar-refractivity contribution in [2.24, 2.45) is 5.92 Å². The molecular weight excluding hydrogens is 388 g/mol. The fourth-order valence-electron chi connectivity index (χ4n) is 4.37. The molecule has 2 aliphatic heterocycles. The van der Waals surface area contributed by atoms with E-state index in [-0.39, 0.29) is 12.0 Å². The van der Waals surface area contributed by atoms with Crippen LogP contribution in [0, 0.1) is 5.92 Å². The number of rotatable bonds is 3. The third-order valence-corrected chi connectivity index (χ3v) is 6.09. The molecule has 0 radical (unpaired) electrons. The van der Waals surface area contributed by atoms with E-state index in [0.717, 1.165) is 49.1 Å². The lowest BCUT2D eigenvalue weighted by atomic mass is 9.95.